The second-order valence-electron chi connectivity index (χ2n) is 4.42. The summed E-state index contributed by atoms with van der Waals surface area (Å²) in [7, 11) is 0. The zero-order chi connectivity index (χ0) is 11.5. The Bertz CT molecular complexity index is 423. The van der Waals surface area contributed by atoms with Crippen LogP contribution in [0.1, 0.15) is 50.2 Å². The highest BCUT2D eigenvalue weighted by Crippen LogP contribution is 2.41. The van der Waals surface area contributed by atoms with Crippen LogP contribution in [-0.4, -0.2) is 0 Å². The third kappa shape index (κ3) is 1.73. The van der Waals surface area contributed by atoms with Gasteiger partial charge in [-0.05, 0) is 36.0 Å². The molecule has 0 aliphatic heterocycles. The second-order valence-corrected chi connectivity index (χ2v) is 4.42. The maximum absolute atomic E-state index is 3.98. The summed E-state index contributed by atoms with van der Waals surface area (Å²) in [6, 6.07) is 8.80. The van der Waals surface area contributed by atoms with Crippen LogP contribution in [0, 0.1) is 0 Å². The minimum Gasteiger partial charge on any atom is -0.102 e. The summed E-state index contributed by atoms with van der Waals surface area (Å²) in [6.07, 6.45) is 5.58. The standard InChI is InChI=1S/C16H20/c1-4-12-11-13(5-2)15-9-7-8-10-16(15)14(12)6-3/h5,7-10,13H,2,4,6,11H2,1,3H3. The molecule has 0 saturated carbocycles. The minimum absolute atomic E-state index is 0.515. The van der Waals surface area contributed by atoms with E-state index in [0.717, 1.165) is 6.42 Å². The molecule has 1 aromatic rings. The molecule has 0 N–H and O–H groups in total. The molecule has 2 rings (SSSR count). The van der Waals surface area contributed by atoms with Crippen molar-refractivity contribution in [3.05, 3.63) is 53.6 Å². The lowest BCUT2D eigenvalue weighted by atomic mass is 9.77. The molecule has 1 aliphatic rings. The quantitative estimate of drug-likeness (QED) is 0.623. The van der Waals surface area contributed by atoms with Crippen LogP contribution in [0.5, 0.6) is 0 Å². The van der Waals surface area contributed by atoms with Crippen molar-refractivity contribution in [3.8, 4) is 0 Å². The van der Waals surface area contributed by atoms with Crippen molar-refractivity contribution < 1.29 is 0 Å². The SMILES string of the molecule is C=CC1CC(CC)=C(CC)c2ccccc21. The molecule has 0 bridgehead atoms. The summed E-state index contributed by atoms with van der Waals surface area (Å²) < 4.78 is 0. The molecule has 0 amide bonds. The number of rotatable bonds is 3. The Morgan fingerprint density at radius 1 is 1.25 bits per heavy atom. The number of benzene rings is 1. The van der Waals surface area contributed by atoms with Crippen molar-refractivity contribution in [2.24, 2.45) is 0 Å². The highest BCUT2D eigenvalue weighted by molar-refractivity contribution is 5.74. The molecule has 0 nitrogen and oxygen atoms in total. The van der Waals surface area contributed by atoms with E-state index in [1.54, 1.807) is 11.1 Å². The predicted octanol–water partition coefficient (Wildman–Crippen LogP) is 4.93. The molecule has 0 spiro atoms. The molecule has 0 fully saturated rings. The average molecular weight is 212 g/mol. The van der Waals surface area contributed by atoms with E-state index >= 15 is 0 Å². The molecule has 0 heteroatoms. The van der Waals surface area contributed by atoms with Crippen LogP contribution in [0.4, 0.5) is 0 Å². The largest absolute Gasteiger partial charge is 0.102 e. The molecule has 0 aromatic heterocycles. The maximum Gasteiger partial charge on any atom is 0.00587 e. The number of hydrogen-bond donors (Lipinski definition) is 0. The van der Waals surface area contributed by atoms with Gasteiger partial charge in [0.1, 0.15) is 0 Å². The van der Waals surface area contributed by atoms with Crippen molar-refractivity contribution in [1.29, 1.82) is 0 Å². The summed E-state index contributed by atoms with van der Waals surface area (Å²) in [4.78, 5) is 0. The van der Waals surface area contributed by atoms with Crippen LogP contribution >= 0.6 is 0 Å². The monoisotopic (exact) mass is 212 g/mol. The summed E-state index contributed by atoms with van der Waals surface area (Å²) in [5.74, 6) is 0.515. The first kappa shape index (κ1) is 11.2. The van der Waals surface area contributed by atoms with Crippen LogP contribution in [0.3, 0.4) is 0 Å². The van der Waals surface area contributed by atoms with E-state index in [0.29, 0.717) is 5.92 Å². The molecule has 1 aliphatic carbocycles. The lowest BCUT2D eigenvalue weighted by Crippen LogP contribution is -2.09. The Labute approximate surface area is 98.7 Å². The predicted molar refractivity (Wildman–Crippen MR) is 71.5 cm³/mol. The fourth-order valence-electron chi connectivity index (χ4n) is 2.79. The Balaban J connectivity index is 2.59. The van der Waals surface area contributed by atoms with Gasteiger partial charge in [0.2, 0.25) is 0 Å². The van der Waals surface area contributed by atoms with Gasteiger partial charge in [-0.1, -0.05) is 49.8 Å². The van der Waals surface area contributed by atoms with Gasteiger partial charge in [0.15, 0.2) is 0 Å². The van der Waals surface area contributed by atoms with Gasteiger partial charge in [0, 0.05) is 5.92 Å². The van der Waals surface area contributed by atoms with Gasteiger partial charge in [-0.25, -0.2) is 0 Å². The normalized spacial score (nSPS) is 19.5. The lowest BCUT2D eigenvalue weighted by molar-refractivity contribution is 0.773. The van der Waals surface area contributed by atoms with E-state index in [9.17, 15) is 0 Å². The Morgan fingerprint density at radius 2 is 2.00 bits per heavy atom. The van der Waals surface area contributed by atoms with E-state index in [1.165, 1.54) is 24.0 Å². The van der Waals surface area contributed by atoms with Crippen LogP contribution in [0.15, 0.2) is 42.5 Å². The third-order valence-corrected chi connectivity index (χ3v) is 3.64. The molecular formula is C16H20. The first-order chi connectivity index (χ1) is 7.81. The smallest absolute Gasteiger partial charge is 0.00587 e. The molecule has 0 radical (unpaired) electrons. The fourth-order valence-corrected chi connectivity index (χ4v) is 2.79. The van der Waals surface area contributed by atoms with Gasteiger partial charge >= 0.3 is 0 Å². The van der Waals surface area contributed by atoms with Crippen LogP contribution in [0.2, 0.25) is 0 Å². The topological polar surface area (TPSA) is 0 Å². The minimum atomic E-state index is 0.515. The number of allylic oxidation sites excluding steroid dienone is 3. The molecule has 0 saturated heterocycles. The van der Waals surface area contributed by atoms with Crippen molar-refractivity contribution in [3.63, 3.8) is 0 Å². The van der Waals surface area contributed by atoms with Gasteiger partial charge < -0.3 is 0 Å². The summed E-state index contributed by atoms with van der Waals surface area (Å²) in [5, 5.41) is 0. The summed E-state index contributed by atoms with van der Waals surface area (Å²) >= 11 is 0. The molecule has 0 heterocycles. The Morgan fingerprint density at radius 3 is 2.62 bits per heavy atom. The second kappa shape index (κ2) is 4.69. The molecule has 1 unspecified atom stereocenters. The third-order valence-electron chi connectivity index (χ3n) is 3.64. The van der Waals surface area contributed by atoms with Crippen LogP contribution < -0.4 is 0 Å². The van der Waals surface area contributed by atoms with Gasteiger partial charge in [-0.15, -0.1) is 6.58 Å². The van der Waals surface area contributed by atoms with Gasteiger partial charge in [0.05, 0.1) is 0 Å². The Kier molecular flexibility index (Phi) is 3.28. The van der Waals surface area contributed by atoms with Gasteiger partial charge in [-0.3, -0.25) is 0 Å². The van der Waals surface area contributed by atoms with E-state index in [1.807, 2.05) is 0 Å². The zero-order valence-corrected chi connectivity index (χ0v) is 10.3. The van der Waals surface area contributed by atoms with Gasteiger partial charge in [0.25, 0.3) is 0 Å². The van der Waals surface area contributed by atoms with Crippen molar-refractivity contribution in [2.75, 3.05) is 0 Å². The maximum atomic E-state index is 3.98. The van der Waals surface area contributed by atoms with E-state index < -0.39 is 0 Å². The van der Waals surface area contributed by atoms with Gasteiger partial charge in [-0.2, -0.15) is 0 Å². The first-order valence-corrected chi connectivity index (χ1v) is 6.24. The summed E-state index contributed by atoms with van der Waals surface area (Å²) in [6.45, 7) is 8.50. The van der Waals surface area contributed by atoms with E-state index in [-0.39, 0.29) is 0 Å². The number of fused-ring (bicyclic) bond motifs is 1. The highest BCUT2D eigenvalue weighted by Gasteiger charge is 2.22. The average Bonchev–Trinajstić information content (AvgIpc) is 2.36. The molecule has 84 valence electrons. The lowest BCUT2D eigenvalue weighted by Gasteiger charge is -2.27. The fraction of sp³-hybridized carbons (Fsp3) is 0.375. The zero-order valence-electron chi connectivity index (χ0n) is 10.3. The highest BCUT2D eigenvalue weighted by atomic mass is 14.3. The summed E-state index contributed by atoms with van der Waals surface area (Å²) in [5.41, 5.74) is 6.10. The van der Waals surface area contributed by atoms with Crippen molar-refractivity contribution in [2.45, 2.75) is 39.0 Å². The molecule has 1 aromatic carbocycles. The van der Waals surface area contributed by atoms with Crippen molar-refractivity contribution >= 4 is 5.57 Å². The molecule has 16 heavy (non-hydrogen) atoms. The van der Waals surface area contributed by atoms with Crippen molar-refractivity contribution in [1.82, 2.24) is 0 Å². The van der Waals surface area contributed by atoms with Crippen LogP contribution in [0.25, 0.3) is 5.57 Å². The van der Waals surface area contributed by atoms with E-state index in [2.05, 4.69) is 50.8 Å². The first-order valence-electron chi connectivity index (χ1n) is 6.24. The molecular weight excluding hydrogens is 192 g/mol. The van der Waals surface area contributed by atoms with E-state index in [4.69, 9.17) is 0 Å². The van der Waals surface area contributed by atoms with Crippen LogP contribution in [-0.2, 0) is 0 Å². The Hall–Kier alpha value is -1.30. The molecule has 1 atom stereocenters. The number of hydrogen-bond acceptors (Lipinski definition) is 0.